The van der Waals surface area contributed by atoms with Crippen molar-refractivity contribution in [3.8, 4) is 0 Å². The molecule has 0 aromatic rings. The van der Waals surface area contributed by atoms with Crippen molar-refractivity contribution in [3.05, 3.63) is 0 Å². The van der Waals surface area contributed by atoms with Gasteiger partial charge in [0.15, 0.2) is 0 Å². The maximum atomic E-state index is 2.41. The van der Waals surface area contributed by atoms with Gasteiger partial charge >= 0.3 is 0 Å². The van der Waals surface area contributed by atoms with Gasteiger partial charge in [-0.2, -0.15) is 0 Å². The molecule has 3 rings (SSSR count). The van der Waals surface area contributed by atoms with Crippen molar-refractivity contribution >= 4 is 0 Å². The first-order valence-electron chi connectivity index (χ1n) is 13.8. The number of hydrogen-bond acceptors (Lipinski definition) is 0. The van der Waals surface area contributed by atoms with Crippen LogP contribution >= 0.6 is 0 Å². The summed E-state index contributed by atoms with van der Waals surface area (Å²) >= 11 is 0. The monoisotopic (exact) mass is 483 g/mol. The second kappa shape index (κ2) is 19.9. The average Bonchev–Trinajstić information content (AvgIpc) is 3.47. The van der Waals surface area contributed by atoms with Crippen molar-refractivity contribution < 1.29 is 27.6 Å². The number of rotatable bonds is 9. The van der Waals surface area contributed by atoms with Crippen molar-refractivity contribution in [2.24, 2.45) is 0 Å². The minimum atomic E-state index is 0. The van der Waals surface area contributed by atoms with Crippen LogP contribution in [0.25, 0.3) is 0 Å². The van der Waals surface area contributed by atoms with E-state index in [1.54, 1.807) is 0 Å². The molecule has 0 spiro atoms. The molecule has 0 unspecified atom stereocenters. The Balaban J connectivity index is -0.000000391. The molecule has 0 bridgehead atoms. The van der Waals surface area contributed by atoms with Gasteiger partial charge in [0.2, 0.25) is 0 Å². The molecule has 3 heterocycles. The fraction of sp³-hybridized carbons (Fsp3) is 1.00. The third kappa shape index (κ3) is 16.1. The number of quaternary nitrogens is 3. The van der Waals surface area contributed by atoms with E-state index >= 15 is 0 Å². The van der Waals surface area contributed by atoms with Gasteiger partial charge in [0.05, 0.1) is 80.0 Å². The van der Waals surface area contributed by atoms with Crippen molar-refractivity contribution in [3.63, 3.8) is 0 Å². The normalized spacial score (nSPS) is 21.3. The third-order valence-electron chi connectivity index (χ3n) is 8.09. The minimum Gasteiger partial charge on any atom is -1.00 e. The van der Waals surface area contributed by atoms with E-state index in [0.717, 1.165) is 0 Å². The van der Waals surface area contributed by atoms with Gasteiger partial charge in [0, 0.05) is 38.5 Å². The first-order valence-corrected chi connectivity index (χ1v) is 13.8. The molecule has 3 fully saturated rings. The van der Waals surface area contributed by atoms with Crippen LogP contribution in [0.3, 0.4) is 0 Å². The Labute approximate surface area is 205 Å². The van der Waals surface area contributed by atoms with Crippen molar-refractivity contribution in [1.29, 1.82) is 0 Å². The van der Waals surface area contributed by atoms with Crippen LogP contribution in [0.5, 0.6) is 0 Å². The van der Waals surface area contributed by atoms with Gasteiger partial charge in [-0.1, -0.05) is 40.0 Å². The number of unbranched alkanes of at least 4 members (excludes halogenated alkanes) is 3. The van der Waals surface area contributed by atoms with Crippen LogP contribution < -0.4 is 14.1 Å². The van der Waals surface area contributed by atoms with E-state index < -0.39 is 0 Å². The fourth-order valence-corrected chi connectivity index (χ4v) is 5.59. The topological polar surface area (TPSA) is 0 Å². The summed E-state index contributed by atoms with van der Waals surface area (Å²) in [6.07, 6.45) is 17.1. The highest BCUT2D eigenvalue weighted by molar-refractivity contribution is 4.53. The van der Waals surface area contributed by atoms with E-state index in [9.17, 15) is 0 Å². The summed E-state index contributed by atoms with van der Waals surface area (Å²) < 4.78 is 4.06. The molecule has 204 valence electrons. The SMILES string of the molecule is CCCC[N+]1(C)CCCC1.CCCC[N+]1(C)CCCC1.CCCC[N+]1(C)CCCC1.[F-].[F-].[F-]. The molecular weight excluding hydrogens is 423 g/mol. The van der Waals surface area contributed by atoms with Crippen LogP contribution in [0.2, 0.25) is 0 Å². The zero-order valence-corrected chi connectivity index (χ0v) is 23.3. The Morgan fingerprint density at radius 3 is 0.727 bits per heavy atom. The standard InChI is InChI=1S/3C9H20N.3FH/c3*1-3-4-7-10(2)8-5-6-9-10;;;/h3*3-9H2,1-2H3;3*1H/q3*+1;;;/p-3. The van der Waals surface area contributed by atoms with Crippen LogP contribution in [-0.2, 0) is 0 Å². The predicted octanol–water partition coefficient (Wildman–Crippen LogP) is -2.91. The van der Waals surface area contributed by atoms with Crippen LogP contribution in [0.1, 0.15) is 97.8 Å². The number of halogens is 3. The lowest BCUT2D eigenvalue weighted by Crippen LogP contribution is -3.00. The Bertz CT molecular complexity index is 355. The second-order valence-electron chi connectivity index (χ2n) is 11.6. The molecule has 0 N–H and O–H groups in total. The highest BCUT2D eigenvalue weighted by Gasteiger charge is 2.26. The van der Waals surface area contributed by atoms with Gasteiger partial charge in [-0.25, -0.2) is 0 Å². The molecule has 33 heavy (non-hydrogen) atoms. The molecule has 0 atom stereocenters. The molecule has 3 aliphatic rings. The van der Waals surface area contributed by atoms with Crippen LogP contribution in [-0.4, -0.2) is 93.5 Å². The largest absolute Gasteiger partial charge is 1.00 e. The van der Waals surface area contributed by atoms with Crippen molar-refractivity contribution in [2.75, 3.05) is 80.0 Å². The number of likely N-dealkylation sites (tertiary alicyclic amines) is 3. The zero-order valence-electron chi connectivity index (χ0n) is 23.3. The van der Waals surface area contributed by atoms with Gasteiger partial charge in [-0.15, -0.1) is 0 Å². The van der Waals surface area contributed by atoms with Crippen molar-refractivity contribution in [1.82, 2.24) is 0 Å². The molecule has 3 aliphatic heterocycles. The quantitative estimate of drug-likeness (QED) is 0.309. The Kier molecular flexibility index (Phi) is 22.5. The molecule has 0 aliphatic carbocycles. The fourth-order valence-electron chi connectivity index (χ4n) is 5.59. The van der Waals surface area contributed by atoms with E-state index in [1.165, 1.54) is 149 Å². The third-order valence-corrected chi connectivity index (χ3v) is 8.09. The van der Waals surface area contributed by atoms with Crippen molar-refractivity contribution in [2.45, 2.75) is 97.8 Å². The highest BCUT2D eigenvalue weighted by Crippen LogP contribution is 2.18. The van der Waals surface area contributed by atoms with Gasteiger partial charge in [0.1, 0.15) is 0 Å². The number of hydrogen-bond donors (Lipinski definition) is 0. The van der Waals surface area contributed by atoms with Crippen LogP contribution in [0, 0.1) is 0 Å². The molecular formula is C27H60F3N3. The van der Waals surface area contributed by atoms with E-state index in [-0.39, 0.29) is 14.1 Å². The molecule has 3 nitrogen and oxygen atoms in total. The Morgan fingerprint density at radius 1 is 0.394 bits per heavy atom. The summed E-state index contributed by atoms with van der Waals surface area (Å²) in [6.45, 7) is 19.7. The Morgan fingerprint density at radius 2 is 0.576 bits per heavy atom. The molecule has 0 saturated carbocycles. The van der Waals surface area contributed by atoms with Crippen LogP contribution in [0.4, 0.5) is 0 Å². The second-order valence-corrected chi connectivity index (χ2v) is 11.6. The van der Waals surface area contributed by atoms with Gasteiger partial charge in [-0.3, -0.25) is 0 Å². The summed E-state index contributed by atoms with van der Waals surface area (Å²) in [4.78, 5) is 0. The molecule has 0 aromatic carbocycles. The maximum Gasteiger partial charge on any atom is 0.0786 e. The predicted molar refractivity (Wildman–Crippen MR) is 135 cm³/mol. The smallest absolute Gasteiger partial charge is 0.0786 e. The van der Waals surface area contributed by atoms with Gasteiger partial charge in [0.25, 0.3) is 0 Å². The van der Waals surface area contributed by atoms with Gasteiger partial charge < -0.3 is 27.6 Å². The summed E-state index contributed by atoms with van der Waals surface area (Å²) in [5.41, 5.74) is 0. The average molecular weight is 484 g/mol. The summed E-state index contributed by atoms with van der Waals surface area (Å²) in [5, 5.41) is 0. The maximum absolute atomic E-state index is 2.41. The first-order chi connectivity index (χ1) is 14.3. The lowest BCUT2D eigenvalue weighted by Gasteiger charge is -2.28. The molecule has 0 aromatic heterocycles. The van der Waals surface area contributed by atoms with E-state index in [0.29, 0.717) is 0 Å². The van der Waals surface area contributed by atoms with E-state index in [2.05, 4.69) is 41.9 Å². The molecule has 3 saturated heterocycles. The number of nitrogens with zero attached hydrogens (tertiary/aromatic N) is 3. The minimum absolute atomic E-state index is 0. The molecule has 6 heteroatoms. The van der Waals surface area contributed by atoms with E-state index in [4.69, 9.17) is 0 Å². The summed E-state index contributed by atoms with van der Waals surface area (Å²) in [6, 6.07) is 0. The summed E-state index contributed by atoms with van der Waals surface area (Å²) in [7, 11) is 7.22. The summed E-state index contributed by atoms with van der Waals surface area (Å²) in [5.74, 6) is 0. The molecule has 0 amide bonds. The van der Waals surface area contributed by atoms with E-state index in [1.807, 2.05) is 0 Å². The van der Waals surface area contributed by atoms with Gasteiger partial charge in [-0.05, 0) is 19.3 Å². The first kappa shape index (κ1) is 37.2. The Hall–Kier alpha value is -0.330. The lowest BCUT2D eigenvalue weighted by molar-refractivity contribution is -0.897. The highest BCUT2D eigenvalue weighted by atomic mass is 19.0. The van der Waals surface area contributed by atoms with Crippen LogP contribution in [0.15, 0.2) is 0 Å². The zero-order chi connectivity index (χ0) is 22.3. The lowest BCUT2D eigenvalue weighted by atomic mass is 10.3. The molecule has 0 radical (unpaired) electrons.